The van der Waals surface area contributed by atoms with E-state index in [0.29, 0.717) is 19.5 Å². The topological polar surface area (TPSA) is 63.4 Å². The molecule has 1 aromatic rings. The predicted octanol–water partition coefficient (Wildman–Crippen LogP) is 1.26. The minimum absolute atomic E-state index is 0.286. The first-order chi connectivity index (χ1) is 8.00. The van der Waals surface area contributed by atoms with Gasteiger partial charge in [-0.25, -0.2) is 12.7 Å². The van der Waals surface area contributed by atoms with Gasteiger partial charge in [0.15, 0.2) is 0 Å². The maximum absolute atomic E-state index is 11.8. The number of hydrogen-bond acceptors (Lipinski definition) is 4. The highest BCUT2D eigenvalue weighted by molar-refractivity contribution is 7.89. The Kier molecular flexibility index (Phi) is 3.53. The lowest BCUT2D eigenvalue weighted by Gasteiger charge is -2.26. The van der Waals surface area contributed by atoms with Crippen molar-refractivity contribution < 1.29 is 12.9 Å². The Morgan fingerprint density at radius 1 is 1.35 bits per heavy atom. The summed E-state index contributed by atoms with van der Waals surface area (Å²) in [5.74, 6) is 1.08. The molecule has 0 atom stereocenters. The summed E-state index contributed by atoms with van der Waals surface area (Å²) < 4.78 is 30.3. The molecule has 0 saturated carbocycles. The average molecular weight is 258 g/mol. The van der Waals surface area contributed by atoms with E-state index >= 15 is 0 Å². The Hall–Kier alpha value is -0.880. The molecule has 0 bridgehead atoms. The Bertz CT molecular complexity index is 473. The van der Waals surface area contributed by atoms with Crippen molar-refractivity contribution in [2.24, 2.45) is 0 Å². The quantitative estimate of drug-likeness (QED) is 0.818. The molecule has 1 saturated heterocycles. The maximum atomic E-state index is 11.8. The molecular formula is C11H18N2O3S. The Morgan fingerprint density at radius 3 is 2.71 bits per heavy atom. The minimum Gasteiger partial charge on any atom is -0.361 e. The zero-order valence-electron chi connectivity index (χ0n) is 10.3. The molecule has 1 aromatic heterocycles. The van der Waals surface area contributed by atoms with Crippen LogP contribution in [0.5, 0.6) is 0 Å². The van der Waals surface area contributed by atoms with E-state index in [1.54, 1.807) is 4.31 Å². The largest absolute Gasteiger partial charge is 0.361 e. The molecule has 1 aliphatic rings. The standard InChI is InChI=1S/C11H18N2O3S/c1-9-11(10(2)16-12-9)5-7-13-6-3-4-8-17(13,14)15/h3-8H2,1-2H3. The third kappa shape index (κ3) is 2.69. The van der Waals surface area contributed by atoms with Crippen molar-refractivity contribution in [3.05, 3.63) is 17.0 Å². The lowest BCUT2D eigenvalue weighted by molar-refractivity contribution is 0.380. The van der Waals surface area contributed by atoms with Gasteiger partial charge in [0.2, 0.25) is 10.0 Å². The molecule has 17 heavy (non-hydrogen) atoms. The molecule has 0 spiro atoms. The van der Waals surface area contributed by atoms with Crippen LogP contribution in [0.15, 0.2) is 4.52 Å². The van der Waals surface area contributed by atoms with Gasteiger partial charge in [-0.1, -0.05) is 5.16 Å². The van der Waals surface area contributed by atoms with E-state index in [1.807, 2.05) is 13.8 Å². The third-order valence-electron chi connectivity index (χ3n) is 3.25. The van der Waals surface area contributed by atoms with Gasteiger partial charge in [-0.2, -0.15) is 0 Å². The van der Waals surface area contributed by atoms with E-state index in [2.05, 4.69) is 5.16 Å². The molecule has 2 heterocycles. The molecule has 0 aliphatic carbocycles. The number of sulfonamides is 1. The normalized spacial score (nSPS) is 20.6. The molecule has 0 aromatic carbocycles. The first kappa shape index (κ1) is 12.6. The fourth-order valence-electron chi connectivity index (χ4n) is 2.19. The first-order valence-electron chi connectivity index (χ1n) is 5.90. The number of nitrogens with zero attached hydrogens (tertiary/aromatic N) is 2. The lowest BCUT2D eigenvalue weighted by atomic mass is 10.1. The van der Waals surface area contributed by atoms with Crippen molar-refractivity contribution in [2.75, 3.05) is 18.8 Å². The van der Waals surface area contributed by atoms with Crippen LogP contribution >= 0.6 is 0 Å². The van der Waals surface area contributed by atoms with E-state index in [0.717, 1.165) is 29.9 Å². The number of hydrogen-bond donors (Lipinski definition) is 0. The van der Waals surface area contributed by atoms with E-state index in [4.69, 9.17) is 4.52 Å². The van der Waals surface area contributed by atoms with Crippen LogP contribution in [0.1, 0.15) is 29.9 Å². The highest BCUT2D eigenvalue weighted by Crippen LogP contribution is 2.17. The van der Waals surface area contributed by atoms with Crippen molar-refractivity contribution in [1.29, 1.82) is 0 Å². The number of aryl methyl sites for hydroxylation is 2. The van der Waals surface area contributed by atoms with Crippen molar-refractivity contribution in [3.63, 3.8) is 0 Å². The summed E-state index contributed by atoms with van der Waals surface area (Å²) in [6.45, 7) is 4.92. The second-order valence-electron chi connectivity index (χ2n) is 4.47. The summed E-state index contributed by atoms with van der Waals surface area (Å²) in [7, 11) is -3.02. The van der Waals surface area contributed by atoms with Gasteiger partial charge in [-0.05, 0) is 33.1 Å². The fraction of sp³-hybridized carbons (Fsp3) is 0.727. The molecule has 96 valence electrons. The molecule has 0 amide bonds. The van der Waals surface area contributed by atoms with Gasteiger partial charge in [0.25, 0.3) is 0 Å². The molecule has 2 rings (SSSR count). The zero-order valence-corrected chi connectivity index (χ0v) is 11.1. The van der Waals surface area contributed by atoms with E-state index < -0.39 is 10.0 Å². The first-order valence-corrected chi connectivity index (χ1v) is 7.51. The Labute approximate surface area is 102 Å². The van der Waals surface area contributed by atoms with Crippen LogP contribution in [-0.4, -0.2) is 36.7 Å². The van der Waals surface area contributed by atoms with E-state index in [9.17, 15) is 8.42 Å². The zero-order chi connectivity index (χ0) is 12.5. The molecular weight excluding hydrogens is 240 g/mol. The summed E-state index contributed by atoms with van der Waals surface area (Å²) in [5, 5.41) is 3.87. The molecule has 6 heteroatoms. The lowest BCUT2D eigenvalue weighted by Crippen LogP contribution is -2.39. The predicted molar refractivity (Wildman–Crippen MR) is 64.3 cm³/mol. The van der Waals surface area contributed by atoms with Crippen LogP contribution in [0.3, 0.4) is 0 Å². The van der Waals surface area contributed by atoms with Crippen LogP contribution in [0, 0.1) is 13.8 Å². The molecule has 0 N–H and O–H groups in total. The third-order valence-corrected chi connectivity index (χ3v) is 5.20. The van der Waals surface area contributed by atoms with Crippen LogP contribution in [0.25, 0.3) is 0 Å². The highest BCUT2D eigenvalue weighted by atomic mass is 32.2. The van der Waals surface area contributed by atoms with E-state index in [1.165, 1.54) is 0 Å². The van der Waals surface area contributed by atoms with Gasteiger partial charge in [0, 0.05) is 18.7 Å². The summed E-state index contributed by atoms with van der Waals surface area (Å²) >= 11 is 0. The second kappa shape index (κ2) is 4.78. The number of aromatic nitrogens is 1. The fourth-order valence-corrected chi connectivity index (χ4v) is 3.79. The summed E-state index contributed by atoms with van der Waals surface area (Å²) in [5.41, 5.74) is 1.89. The van der Waals surface area contributed by atoms with Gasteiger partial charge in [-0.15, -0.1) is 0 Å². The second-order valence-corrected chi connectivity index (χ2v) is 6.56. The van der Waals surface area contributed by atoms with Crippen LogP contribution in [0.2, 0.25) is 0 Å². The molecule has 5 nitrogen and oxygen atoms in total. The summed E-state index contributed by atoms with van der Waals surface area (Å²) in [6.07, 6.45) is 2.42. The average Bonchev–Trinajstić information content (AvgIpc) is 2.57. The van der Waals surface area contributed by atoms with Crippen molar-refractivity contribution in [3.8, 4) is 0 Å². The van der Waals surface area contributed by atoms with Crippen LogP contribution < -0.4 is 0 Å². The van der Waals surface area contributed by atoms with Crippen LogP contribution in [0.4, 0.5) is 0 Å². The minimum atomic E-state index is -3.02. The maximum Gasteiger partial charge on any atom is 0.214 e. The summed E-state index contributed by atoms with van der Waals surface area (Å²) in [6, 6.07) is 0. The van der Waals surface area contributed by atoms with Crippen molar-refractivity contribution in [1.82, 2.24) is 9.46 Å². The van der Waals surface area contributed by atoms with Gasteiger partial charge >= 0.3 is 0 Å². The molecule has 0 radical (unpaired) electrons. The van der Waals surface area contributed by atoms with Gasteiger partial charge < -0.3 is 4.52 Å². The number of rotatable bonds is 3. The smallest absolute Gasteiger partial charge is 0.214 e. The molecule has 1 aliphatic heterocycles. The Balaban J connectivity index is 2.03. The molecule has 0 unspecified atom stereocenters. The van der Waals surface area contributed by atoms with E-state index in [-0.39, 0.29) is 5.75 Å². The van der Waals surface area contributed by atoms with Crippen molar-refractivity contribution >= 4 is 10.0 Å². The van der Waals surface area contributed by atoms with Gasteiger partial charge in [-0.3, -0.25) is 0 Å². The van der Waals surface area contributed by atoms with Gasteiger partial charge in [0.1, 0.15) is 5.76 Å². The highest BCUT2D eigenvalue weighted by Gasteiger charge is 2.25. The SMILES string of the molecule is Cc1noc(C)c1CCN1CCCCS1(=O)=O. The monoisotopic (exact) mass is 258 g/mol. The summed E-state index contributed by atoms with van der Waals surface area (Å²) in [4.78, 5) is 0. The molecule has 1 fully saturated rings. The van der Waals surface area contributed by atoms with Gasteiger partial charge in [0.05, 0.1) is 11.4 Å². The van der Waals surface area contributed by atoms with Crippen LogP contribution in [-0.2, 0) is 16.4 Å². The van der Waals surface area contributed by atoms with Crippen molar-refractivity contribution in [2.45, 2.75) is 33.1 Å². The Morgan fingerprint density at radius 2 is 2.12 bits per heavy atom.